The van der Waals surface area contributed by atoms with E-state index in [2.05, 4.69) is 12.2 Å². The van der Waals surface area contributed by atoms with Gasteiger partial charge < -0.3 is 39.7 Å². The number of aliphatic hydroxyl groups is 2. The van der Waals surface area contributed by atoms with Crippen molar-refractivity contribution in [3.05, 3.63) is 101 Å². The molecule has 44 heavy (non-hydrogen) atoms. The van der Waals surface area contributed by atoms with Crippen molar-refractivity contribution in [2.24, 2.45) is 5.92 Å². The number of phenols is 1. The van der Waals surface area contributed by atoms with Crippen LogP contribution in [0.4, 0.5) is 0 Å². The molecule has 0 unspecified atom stereocenters. The van der Waals surface area contributed by atoms with Gasteiger partial charge in [0.25, 0.3) is 5.91 Å². The fraction of sp³-hybridized carbons (Fsp3) is 0.412. The zero-order valence-electron chi connectivity index (χ0n) is 25.6. The minimum absolute atomic E-state index is 0.0414. The number of nitrogens with zero attached hydrogens (tertiary/aromatic N) is 1. The zero-order chi connectivity index (χ0) is 31.8. The fourth-order valence-corrected chi connectivity index (χ4v) is 5.27. The smallest absolute Gasteiger partial charge is 0.303 e. The molecule has 1 fully saturated rings. The second-order valence-corrected chi connectivity index (χ2v) is 11.4. The molecule has 1 heterocycles. The number of carbonyl (C=O) groups is 2. The Balaban J connectivity index is 1.48. The lowest BCUT2D eigenvalue weighted by Crippen LogP contribution is -2.44. The minimum atomic E-state index is -0.878. The first-order chi connectivity index (χ1) is 21.0. The van der Waals surface area contributed by atoms with Gasteiger partial charge in [0.1, 0.15) is 5.75 Å². The predicted molar refractivity (Wildman–Crippen MR) is 163 cm³/mol. The van der Waals surface area contributed by atoms with Crippen LogP contribution in [0.25, 0.3) is 0 Å². The number of amides is 1. The summed E-state index contributed by atoms with van der Waals surface area (Å²) in [5.41, 5.74) is 4.08. The zero-order valence-corrected chi connectivity index (χ0v) is 25.6. The van der Waals surface area contributed by atoms with Crippen LogP contribution in [0.3, 0.4) is 0 Å². The third kappa shape index (κ3) is 8.87. The first-order valence-electron chi connectivity index (χ1n) is 14.7. The lowest BCUT2D eigenvalue weighted by atomic mass is 9.90. The number of phenolic OH excluding ortho intramolecular Hbond substituents is 1. The normalized spacial score (nSPS) is 21.4. The summed E-state index contributed by atoms with van der Waals surface area (Å²) in [6.45, 7) is 5.94. The number of hydrogen-bond donors (Lipinski definition) is 4. The van der Waals surface area contributed by atoms with Crippen LogP contribution in [-0.2, 0) is 37.0 Å². The lowest BCUT2D eigenvalue weighted by molar-refractivity contribution is -0.276. The van der Waals surface area contributed by atoms with Gasteiger partial charge in [-0.05, 0) is 48.4 Å². The Morgan fingerprint density at radius 3 is 2.30 bits per heavy atom. The molecule has 0 bridgehead atoms. The standard InChI is InChI=1S/C34H42N2O8/c1-21-31(19-36(4)18-30(40)28-6-5-7-29(39)16-28)43-34(44-32(21)26-12-10-25(20-37)11-13-26)27-14-8-24(9-15-27)17-35-33(41)22(2)42-23(3)38/h5-16,21-22,30-32,34,37,39-40H,17-20H2,1-4H3,(H,35,41)/t21-,22-,30+,31+,32+,34+/m0/s1. The molecule has 1 aliphatic heterocycles. The number of esters is 1. The molecule has 10 nitrogen and oxygen atoms in total. The van der Waals surface area contributed by atoms with Gasteiger partial charge in [-0.15, -0.1) is 0 Å². The van der Waals surface area contributed by atoms with Crippen LogP contribution in [0.5, 0.6) is 5.75 Å². The van der Waals surface area contributed by atoms with Gasteiger partial charge in [-0.3, -0.25) is 9.59 Å². The summed E-state index contributed by atoms with van der Waals surface area (Å²) in [7, 11) is 1.92. The molecule has 1 aliphatic rings. The van der Waals surface area contributed by atoms with E-state index in [9.17, 15) is 24.9 Å². The molecule has 3 aromatic carbocycles. The molecule has 10 heteroatoms. The quantitative estimate of drug-likeness (QED) is 0.226. The second-order valence-electron chi connectivity index (χ2n) is 11.4. The molecular formula is C34H42N2O8. The topological polar surface area (TPSA) is 138 Å². The average Bonchev–Trinajstić information content (AvgIpc) is 3.00. The molecule has 0 spiro atoms. The Morgan fingerprint density at radius 1 is 1.00 bits per heavy atom. The Labute approximate surface area is 258 Å². The van der Waals surface area contributed by atoms with Gasteiger partial charge in [-0.2, -0.15) is 0 Å². The van der Waals surface area contributed by atoms with Crippen LogP contribution in [0.15, 0.2) is 72.8 Å². The van der Waals surface area contributed by atoms with E-state index >= 15 is 0 Å². The summed E-state index contributed by atoms with van der Waals surface area (Å²) in [6, 6.07) is 21.9. The summed E-state index contributed by atoms with van der Waals surface area (Å²) in [5.74, 6) is -0.833. The van der Waals surface area contributed by atoms with Gasteiger partial charge in [0.15, 0.2) is 12.4 Å². The highest BCUT2D eigenvalue weighted by atomic mass is 16.7. The number of rotatable bonds is 12. The van der Waals surface area contributed by atoms with E-state index in [1.807, 2.05) is 60.5 Å². The first-order valence-corrected chi connectivity index (χ1v) is 14.7. The van der Waals surface area contributed by atoms with Crippen LogP contribution >= 0.6 is 0 Å². The van der Waals surface area contributed by atoms with Crippen molar-refractivity contribution in [3.8, 4) is 5.75 Å². The van der Waals surface area contributed by atoms with Crippen molar-refractivity contribution in [1.82, 2.24) is 10.2 Å². The van der Waals surface area contributed by atoms with Crippen LogP contribution in [0, 0.1) is 5.92 Å². The fourth-order valence-electron chi connectivity index (χ4n) is 5.27. The molecule has 4 N–H and O–H groups in total. The van der Waals surface area contributed by atoms with Crippen molar-refractivity contribution < 1.29 is 39.1 Å². The SMILES string of the molecule is CC(=O)O[C@@H](C)C(=O)NCc1ccc([C@@H]2O[C@H](CN(C)C[C@@H](O)c3cccc(O)c3)[C@H](C)[C@H](c3ccc(CO)cc3)O2)cc1. The Bertz CT molecular complexity index is 1380. The van der Waals surface area contributed by atoms with E-state index < -0.39 is 24.5 Å². The monoisotopic (exact) mass is 606 g/mol. The Kier molecular flexibility index (Phi) is 11.5. The third-order valence-corrected chi connectivity index (χ3v) is 7.79. The second kappa shape index (κ2) is 15.3. The molecule has 236 valence electrons. The van der Waals surface area contributed by atoms with Crippen molar-refractivity contribution in [1.29, 1.82) is 0 Å². The number of likely N-dealkylation sites (N-methyl/N-ethyl adjacent to an activating group) is 1. The number of hydrogen-bond acceptors (Lipinski definition) is 9. The van der Waals surface area contributed by atoms with Crippen LogP contribution in [-0.4, -0.2) is 64.4 Å². The van der Waals surface area contributed by atoms with E-state index in [0.717, 1.165) is 22.3 Å². The third-order valence-electron chi connectivity index (χ3n) is 7.79. The summed E-state index contributed by atoms with van der Waals surface area (Å²) in [4.78, 5) is 25.4. The molecule has 4 rings (SSSR count). The summed E-state index contributed by atoms with van der Waals surface area (Å²) < 4.78 is 18.0. The van der Waals surface area contributed by atoms with E-state index in [1.165, 1.54) is 13.8 Å². The molecule has 0 aromatic heterocycles. The molecule has 6 atom stereocenters. The van der Waals surface area contributed by atoms with Crippen LogP contribution in [0.1, 0.15) is 67.1 Å². The lowest BCUT2D eigenvalue weighted by Gasteiger charge is -2.42. The summed E-state index contributed by atoms with van der Waals surface area (Å²) >= 11 is 0. The van der Waals surface area contributed by atoms with Crippen molar-refractivity contribution in [2.45, 2.75) is 64.6 Å². The van der Waals surface area contributed by atoms with Gasteiger partial charge in [-0.25, -0.2) is 0 Å². The molecule has 3 aromatic rings. The van der Waals surface area contributed by atoms with Crippen molar-refractivity contribution in [3.63, 3.8) is 0 Å². The maximum atomic E-state index is 12.2. The van der Waals surface area contributed by atoms with E-state index in [4.69, 9.17) is 14.2 Å². The number of aromatic hydroxyl groups is 1. The van der Waals surface area contributed by atoms with Crippen LogP contribution in [0.2, 0.25) is 0 Å². The number of nitrogens with one attached hydrogen (secondary N) is 1. The van der Waals surface area contributed by atoms with Crippen molar-refractivity contribution in [2.75, 3.05) is 20.1 Å². The molecule has 0 aliphatic carbocycles. The highest BCUT2D eigenvalue weighted by Gasteiger charge is 2.39. The van der Waals surface area contributed by atoms with Crippen molar-refractivity contribution >= 4 is 11.9 Å². The maximum Gasteiger partial charge on any atom is 0.303 e. The average molecular weight is 607 g/mol. The van der Waals surface area contributed by atoms with Crippen LogP contribution < -0.4 is 5.32 Å². The summed E-state index contributed by atoms with van der Waals surface area (Å²) in [6.07, 6.45) is -2.88. The van der Waals surface area contributed by atoms with Gasteiger partial charge in [0.2, 0.25) is 0 Å². The molecule has 0 radical (unpaired) electrons. The molecular weight excluding hydrogens is 564 g/mol. The number of ether oxygens (including phenoxy) is 3. The van der Waals surface area contributed by atoms with Gasteiger partial charge in [0.05, 0.1) is 24.9 Å². The minimum Gasteiger partial charge on any atom is -0.508 e. The van der Waals surface area contributed by atoms with E-state index in [-0.39, 0.29) is 42.9 Å². The molecule has 1 amide bonds. The number of carbonyl (C=O) groups excluding carboxylic acids is 2. The van der Waals surface area contributed by atoms with E-state index in [0.29, 0.717) is 18.7 Å². The van der Waals surface area contributed by atoms with Gasteiger partial charge in [-0.1, -0.05) is 67.6 Å². The predicted octanol–water partition coefficient (Wildman–Crippen LogP) is 3.91. The van der Waals surface area contributed by atoms with E-state index in [1.54, 1.807) is 24.3 Å². The first kappa shape index (κ1) is 33.1. The van der Waals surface area contributed by atoms with Gasteiger partial charge in [0, 0.05) is 38.0 Å². The van der Waals surface area contributed by atoms with Gasteiger partial charge >= 0.3 is 5.97 Å². The highest BCUT2D eigenvalue weighted by molar-refractivity contribution is 5.82. The number of aliphatic hydroxyl groups excluding tert-OH is 2. The number of benzene rings is 3. The Hall–Kier alpha value is -3.80. The largest absolute Gasteiger partial charge is 0.508 e. The molecule has 0 saturated carbocycles. The Morgan fingerprint density at radius 2 is 1.66 bits per heavy atom. The molecule has 1 saturated heterocycles. The highest BCUT2D eigenvalue weighted by Crippen LogP contribution is 2.42. The maximum absolute atomic E-state index is 12.2. The summed E-state index contributed by atoms with van der Waals surface area (Å²) in [5, 5.41) is 32.9.